The van der Waals surface area contributed by atoms with Gasteiger partial charge in [-0.1, -0.05) is 19.9 Å². The van der Waals surface area contributed by atoms with Crippen molar-refractivity contribution in [2.45, 2.75) is 19.8 Å². The lowest BCUT2D eigenvalue weighted by Gasteiger charge is -2.14. The highest BCUT2D eigenvalue weighted by Crippen LogP contribution is 2.22. The number of hydrogen-bond acceptors (Lipinski definition) is 2. The minimum atomic E-state index is 0.584. The second kappa shape index (κ2) is 3.21. The van der Waals surface area contributed by atoms with E-state index in [9.17, 15) is 0 Å². The summed E-state index contributed by atoms with van der Waals surface area (Å²) in [6.07, 6.45) is 1.94. The third-order valence-corrected chi connectivity index (χ3v) is 2.33. The average molecular weight is 174 g/mol. The Morgan fingerprint density at radius 3 is 3.00 bits per heavy atom. The van der Waals surface area contributed by atoms with Gasteiger partial charge < -0.3 is 5.32 Å². The van der Waals surface area contributed by atoms with Crippen LogP contribution in [0.2, 0.25) is 0 Å². The molecule has 0 saturated carbocycles. The van der Waals surface area contributed by atoms with Crippen molar-refractivity contribution < 1.29 is 0 Å². The van der Waals surface area contributed by atoms with Crippen molar-refractivity contribution in [1.29, 1.82) is 0 Å². The van der Waals surface area contributed by atoms with E-state index in [2.05, 4.69) is 42.4 Å². The second-order valence-corrected chi connectivity index (χ2v) is 3.65. The number of benzene rings is 1. The number of fused-ring (bicyclic) bond motifs is 1. The van der Waals surface area contributed by atoms with Crippen LogP contribution >= 0.6 is 0 Å². The van der Waals surface area contributed by atoms with Gasteiger partial charge in [0.15, 0.2) is 0 Å². The molecule has 0 aliphatic carbocycles. The highest BCUT2D eigenvalue weighted by atomic mass is 15.0. The first-order chi connectivity index (χ1) is 6.27. The summed E-state index contributed by atoms with van der Waals surface area (Å²) in [4.78, 5) is 4.18. The molecule has 2 nitrogen and oxygen atoms in total. The summed E-state index contributed by atoms with van der Waals surface area (Å²) in [6.45, 7) is 5.11. The number of rotatable bonds is 1. The quantitative estimate of drug-likeness (QED) is 0.695. The van der Waals surface area contributed by atoms with Crippen molar-refractivity contribution in [3.8, 4) is 0 Å². The number of hydrogen-bond donors (Lipinski definition) is 1. The van der Waals surface area contributed by atoms with Gasteiger partial charge in [-0.25, -0.2) is 0 Å². The molecule has 1 aliphatic rings. The molecule has 0 spiro atoms. The molecule has 1 N–H and O–H groups in total. The zero-order valence-corrected chi connectivity index (χ0v) is 8.04. The van der Waals surface area contributed by atoms with Crippen molar-refractivity contribution in [2.75, 3.05) is 12.0 Å². The zero-order valence-electron chi connectivity index (χ0n) is 8.04. The van der Waals surface area contributed by atoms with Gasteiger partial charge in [0.1, 0.15) is 6.67 Å². The maximum Gasteiger partial charge on any atom is 0.107 e. The predicted octanol–water partition coefficient (Wildman–Crippen LogP) is 2.61. The molecule has 1 aromatic carbocycles. The van der Waals surface area contributed by atoms with Crippen molar-refractivity contribution in [3.63, 3.8) is 0 Å². The molecule has 68 valence electrons. The highest BCUT2D eigenvalue weighted by molar-refractivity contribution is 5.89. The van der Waals surface area contributed by atoms with Crippen LogP contribution in [0.5, 0.6) is 0 Å². The molecule has 0 atom stereocenters. The first kappa shape index (κ1) is 8.30. The van der Waals surface area contributed by atoms with E-state index >= 15 is 0 Å². The summed E-state index contributed by atoms with van der Waals surface area (Å²) in [6, 6.07) is 6.52. The maximum absolute atomic E-state index is 4.18. The molecule has 13 heavy (non-hydrogen) atoms. The number of aliphatic imine (C=N–C) groups is 1. The Morgan fingerprint density at radius 2 is 2.23 bits per heavy atom. The van der Waals surface area contributed by atoms with Gasteiger partial charge in [-0.05, 0) is 23.6 Å². The molecule has 0 saturated heterocycles. The lowest BCUT2D eigenvalue weighted by atomic mass is 10.00. The van der Waals surface area contributed by atoms with E-state index < -0.39 is 0 Å². The molecule has 0 radical (unpaired) electrons. The van der Waals surface area contributed by atoms with Crippen LogP contribution in [-0.2, 0) is 0 Å². The molecule has 0 bridgehead atoms. The lowest BCUT2D eigenvalue weighted by molar-refractivity contribution is 0.866. The third kappa shape index (κ3) is 1.57. The summed E-state index contributed by atoms with van der Waals surface area (Å²) < 4.78 is 0. The molecule has 0 fully saturated rings. The Labute approximate surface area is 78.7 Å². The SMILES string of the molecule is CC(C)c1ccc2c(c1)C=NCN2. The fraction of sp³-hybridized carbons (Fsp3) is 0.364. The van der Waals surface area contributed by atoms with Gasteiger partial charge in [0.25, 0.3) is 0 Å². The molecular formula is C11H14N2. The fourth-order valence-corrected chi connectivity index (χ4v) is 1.48. The highest BCUT2D eigenvalue weighted by Gasteiger charge is 2.06. The molecule has 2 heteroatoms. The van der Waals surface area contributed by atoms with E-state index in [4.69, 9.17) is 0 Å². The van der Waals surface area contributed by atoms with Crippen molar-refractivity contribution in [3.05, 3.63) is 29.3 Å². The molecular weight excluding hydrogens is 160 g/mol. The molecule has 2 rings (SSSR count). The van der Waals surface area contributed by atoms with Crippen LogP contribution in [0.4, 0.5) is 5.69 Å². The molecule has 1 aromatic rings. The zero-order chi connectivity index (χ0) is 9.26. The van der Waals surface area contributed by atoms with Gasteiger partial charge in [0, 0.05) is 17.5 Å². The number of nitrogens with zero attached hydrogens (tertiary/aromatic N) is 1. The van der Waals surface area contributed by atoms with Crippen LogP contribution in [-0.4, -0.2) is 12.9 Å². The Kier molecular flexibility index (Phi) is 2.05. The molecule has 1 heterocycles. The Morgan fingerprint density at radius 1 is 1.38 bits per heavy atom. The van der Waals surface area contributed by atoms with Crippen molar-refractivity contribution in [1.82, 2.24) is 0 Å². The Hall–Kier alpha value is -1.31. The topological polar surface area (TPSA) is 24.4 Å². The van der Waals surface area contributed by atoms with E-state index in [1.165, 1.54) is 16.8 Å². The third-order valence-electron chi connectivity index (χ3n) is 2.33. The van der Waals surface area contributed by atoms with Gasteiger partial charge >= 0.3 is 0 Å². The van der Waals surface area contributed by atoms with Gasteiger partial charge in [-0.3, -0.25) is 4.99 Å². The first-order valence-electron chi connectivity index (χ1n) is 4.65. The van der Waals surface area contributed by atoms with Crippen LogP contribution in [0.3, 0.4) is 0 Å². The van der Waals surface area contributed by atoms with Crippen LogP contribution in [0.25, 0.3) is 0 Å². The largest absolute Gasteiger partial charge is 0.366 e. The molecule has 0 unspecified atom stereocenters. The number of anilines is 1. The van der Waals surface area contributed by atoms with Crippen molar-refractivity contribution >= 4 is 11.9 Å². The van der Waals surface area contributed by atoms with Crippen molar-refractivity contribution in [2.24, 2.45) is 4.99 Å². The normalized spacial score (nSPS) is 14.1. The van der Waals surface area contributed by atoms with Gasteiger partial charge in [0.05, 0.1) is 0 Å². The maximum atomic E-state index is 4.18. The summed E-state index contributed by atoms with van der Waals surface area (Å²) in [5.41, 5.74) is 3.77. The first-order valence-corrected chi connectivity index (χ1v) is 4.65. The summed E-state index contributed by atoms with van der Waals surface area (Å²) in [5, 5.41) is 3.23. The Balaban J connectivity index is 2.43. The van der Waals surface area contributed by atoms with E-state index in [1.807, 2.05) is 6.21 Å². The lowest BCUT2D eigenvalue weighted by Crippen LogP contribution is -2.08. The minimum absolute atomic E-state index is 0.584. The van der Waals surface area contributed by atoms with E-state index in [0.29, 0.717) is 12.6 Å². The molecule has 0 aromatic heterocycles. The van der Waals surface area contributed by atoms with E-state index in [0.717, 1.165) is 0 Å². The molecule has 0 amide bonds. The fourth-order valence-electron chi connectivity index (χ4n) is 1.48. The smallest absolute Gasteiger partial charge is 0.107 e. The number of nitrogens with one attached hydrogen (secondary N) is 1. The monoisotopic (exact) mass is 174 g/mol. The summed E-state index contributed by atoms with van der Waals surface area (Å²) in [7, 11) is 0. The van der Waals surface area contributed by atoms with Gasteiger partial charge in [-0.15, -0.1) is 0 Å². The Bertz CT molecular complexity index is 340. The summed E-state index contributed by atoms with van der Waals surface area (Å²) in [5.74, 6) is 0.584. The van der Waals surface area contributed by atoms with Gasteiger partial charge in [-0.2, -0.15) is 0 Å². The predicted molar refractivity (Wildman–Crippen MR) is 56.6 cm³/mol. The minimum Gasteiger partial charge on any atom is -0.366 e. The van der Waals surface area contributed by atoms with Crippen LogP contribution < -0.4 is 5.32 Å². The average Bonchev–Trinajstić information content (AvgIpc) is 2.17. The standard InChI is InChI=1S/C11H14N2/c1-8(2)9-3-4-11-10(5-9)6-12-7-13-11/h3-6,8,13H,7H2,1-2H3. The van der Waals surface area contributed by atoms with Crippen LogP contribution in [0, 0.1) is 0 Å². The summed E-state index contributed by atoms with van der Waals surface area (Å²) >= 11 is 0. The van der Waals surface area contributed by atoms with Gasteiger partial charge in [0.2, 0.25) is 0 Å². The van der Waals surface area contributed by atoms with E-state index in [1.54, 1.807) is 0 Å². The van der Waals surface area contributed by atoms with Crippen LogP contribution in [0.1, 0.15) is 30.9 Å². The van der Waals surface area contributed by atoms with Crippen LogP contribution in [0.15, 0.2) is 23.2 Å². The second-order valence-electron chi connectivity index (χ2n) is 3.65. The van der Waals surface area contributed by atoms with E-state index in [-0.39, 0.29) is 0 Å². The molecule has 1 aliphatic heterocycles.